The summed E-state index contributed by atoms with van der Waals surface area (Å²) >= 11 is 0. The monoisotopic (exact) mass is 309 g/mol. The van der Waals surface area contributed by atoms with Crippen molar-refractivity contribution in [3.05, 3.63) is 30.6 Å². The molecule has 5 nitrogen and oxygen atoms in total. The average Bonchev–Trinajstić information content (AvgIpc) is 3.36. The van der Waals surface area contributed by atoms with E-state index in [0.29, 0.717) is 23.5 Å². The number of aromatic nitrogens is 1. The van der Waals surface area contributed by atoms with Crippen LogP contribution in [0.1, 0.15) is 37.4 Å². The summed E-state index contributed by atoms with van der Waals surface area (Å²) in [7, 11) is -1.83. The molecule has 0 spiro atoms. The van der Waals surface area contributed by atoms with Gasteiger partial charge in [-0.15, -0.1) is 6.58 Å². The molecule has 0 radical (unpaired) electrons. The van der Waals surface area contributed by atoms with E-state index in [1.165, 1.54) is 17.1 Å². The van der Waals surface area contributed by atoms with E-state index in [0.717, 1.165) is 25.1 Å². The summed E-state index contributed by atoms with van der Waals surface area (Å²) < 4.78 is 28.5. The van der Waals surface area contributed by atoms with E-state index in [2.05, 4.69) is 16.5 Å². The summed E-state index contributed by atoms with van der Waals surface area (Å²) in [4.78, 5) is 0.395. The van der Waals surface area contributed by atoms with E-state index in [4.69, 9.17) is 0 Å². The maximum Gasteiger partial charge on any atom is 0.244 e. The minimum atomic E-state index is -3.42. The highest BCUT2D eigenvalue weighted by molar-refractivity contribution is 7.89. The lowest BCUT2D eigenvalue weighted by Crippen LogP contribution is -2.26. The SMILES string of the molecule is C=CCN(C)S(=O)(=O)c1cc(CNC2CC2)n(C2CC2)c1. The van der Waals surface area contributed by atoms with Gasteiger partial charge in [-0.1, -0.05) is 6.08 Å². The molecule has 0 saturated heterocycles. The number of hydrogen-bond donors (Lipinski definition) is 1. The first kappa shape index (κ1) is 14.8. The number of likely N-dealkylation sites (N-methyl/N-ethyl adjacent to an activating group) is 1. The molecule has 0 unspecified atom stereocenters. The van der Waals surface area contributed by atoms with Crippen LogP contribution in [0.3, 0.4) is 0 Å². The molecule has 0 atom stereocenters. The van der Waals surface area contributed by atoms with Gasteiger partial charge in [-0.05, 0) is 31.7 Å². The Morgan fingerprint density at radius 1 is 1.43 bits per heavy atom. The second kappa shape index (κ2) is 5.59. The maximum atomic E-state index is 12.5. The zero-order valence-corrected chi connectivity index (χ0v) is 13.3. The van der Waals surface area contributed by atoms with Crippen LogP contribution in [0.4, 0.5) is 0 Å². The van der Waals surface area contributed by atoms with Crippen molar-refractivity contribution in [1.29, 1.82) is 0 Å². The van der Waals surface area contributed by atoms with Crippen LogP contribution in [0.25, 0.3) is 0 Å². The Bertz CT molecular complexity index is 627. The van der Waals surface area contributed by atoms with E-state index in [1.54, 1.807) is 19.3 Å². The van der Waals surface area contributed by atoms with E-state index >= 15 is 0 Å². The van der Waals surface area contributed by atoms with Gasteiger partial charge in [0.25, 0.3) is 0 Å². The first-order chi connectivity index (χ1) is 10.0. The molecule has 1 heterocycles. The lowest BCUT2D eigenvalue weighted by atomic mass is 10.4. The molecular formula is C15H23N3O2S. The normalized spacial score (nSPS) is 19.1. The van der Waals surface area contributed by atoms with E-state index in [1.807, 2.05) is 6.07 Å². The molecule has 2 fully saturated rings. The molecule has 0 amide bonds. The first-order valence-corrected chi connectivity index (χ1v) is 8.97. The molecule has 1 aromatic rings. The Kier molecular flexibility index (Phi) is 3.94. The molecule has 2 aliphatic carbocycles. The highest BCUT2D eigenvalue weighted by atomic mass is 32.2. The lowest BCUT2D eigenvalue weighted by Gasteiger charge is -2.13. The van der Waals surface area contributed by atoms with Crippen molar-refractivity contribution in [2.45, 2.75) is 49.2 Å². The summed E-state index contributed by atoms with van der Waals surface area (Å²) in [6, 6.07) is 2.92. The zero-order chi connectivity index (χ0) is 15.0. The van der Waals surface area contributed by atoms with Crippen molar-refractivity contribution >= 4 is 10.0 Å². The Morgan fingerprint density at radius 2 is 2.14 bits per heavy atom. The van der Waals surface area contributed by atoms with Crippen LogP contribution in [0, 0.1) is 0 Å². The fraction of sp³-hybridized carbons (Fsp3) is 0.600. The van der Waals surface area contributed by atoms with Crippen molar-refractivity contribution in [1.82, 2.24) is 14.2 Å². The van der Waals surface area contributed by atoms with Gasteiger partial charge in [0.15, 0.2) is 0 Å². The summed E-state index contributed by atoms with van der Waals surface area (Å²) in [6.45, 7) is 4.68. The predicted octanol–water partition coefficient (Wildman–Crippen LogP) is 1.88. The topological polar surface area (TPSA) is 54.3 Å². The van der Waals surface area contributed by atoms with Gasteiger partial charge in [-0.3, -0.25) is 0 Å². The van der Waals surface area contributed by atoms with Gasteiger partial charge in [-0.2, -0.15) is 4.31 Å². The van der Waals surface area contributed by atoms with Gasteiger partial charge >= 0.3 is 0 Å². The van der Waals surface area contributed by atoms with Crippen LogP contribution in [0.5, 0.6) is 0 Å². The van der Waals surface area contributed by atoms with Gasteiger partial charge in [-0.25, -0.2) is 8.42 Å². The van der Waals surface area contributed by atoms with Crippen LogP contribution < -0.4 is 5.32 Å². The van der Waals surface area contributed by atoms with Crippen molar-refractivity contribution in [2.24, 2.45) is 0 Å². The number of hydrogen-bond acceptors (Lipinski definition) is 3. The third-order valence-corrected chi connectivity index (χ3v) is 5.88. The van der Waals surface area contributed by atoms with Crippen molar-refractivity contribution < 1.29 is 8.42 Å². The molecule has 6 heteroatoms. The van der Waals surface area contributed by atoms with Crippen LogP contribution in [-0.4, -0.2) is 36.9 Å². The predicted molar refractivity (Wildman–Crippen MR) is 82.6 cm³/mol. The second-order valence-electron chi connectivity index (χ2n) is 6.03. The molecule has 116 valence electrons. The van der Waals surface area contributed by atoms with Crippen molar-refractivity contribution in [3.63, 3.8) is 0 Å². The third-order valence-electron chi connectivity index (χ3n) is 4.09. The molecule has 2 saturated carbocycles. The molecule has 1 aromatic heterocycles. The Hall–Kier alpha value is -1.11. The molecule has 1 N–H and O–H groups in total. The molecular weight excluding hydrogens is 286 g/mol. The molecule has 0 bridgehead atoms. The van der Waals surface area contributed by atoms with Gasteiger partial charge in [0.1, 0.15) is 4.90 Å². The fourth-order valence-corrected chi connectivity index (χ4v) is 3.66. The first-order valence-electron chi connectivity index (χ1n) is 7.53. The lowest BCUT2D eigenvalue weighted by molar-refractivity contribution is 0.499. The third kappa shape index (κ3) is 3.22. The van der Waals surface area contributed by atoms with Crippen LogP contribution in [0.2, 0.25) is 0 Å². The molecule has 21 heavy (non-hydrogen) atoms. The Balaban J connectivity index is 1.84. The van der Waals surface area contributed by atoms with E-state index in [9.17, 15) is 8.42 Å². The number of nitrogens with one attached hydrogen (secondary N) is 1. The second-order valence-corrected chi connectivity index (χ2v) is 8.08. The van der Waals surface area contributed by atoms with E-state index in [-0.39, 0.29) is 0 Å². The van der Waals surface area contributed by atoms with E-state index < -0.39 is 10.0 Å². The highest BCUT2D eigenvalue weighted by Crippen LogP contribution is 2.37. The zero-order valence-electron chi connectivity index (χ0n) is 12.5. The van der Waals surface area contributed by atoms with Crippen LogP contribution >= 0.6 is 0 Å². The van der Waals surface area contributed by atoms with Gasteiger partial charge in [0.2, 0.25) is 10.0 Å². The van der Waals surface area contributed by atoms with Gasteiger partial charge < -0.3 is 9.88 Å². The number of sulfonamides is 1. The van der Waals surface area contributed by atoms with Gasteiger partial charge in [0, 0.05) is 44.1 Å². The maximum absolute atomic E-state index is 12.5. The molecule has 0 aromatic carbocycles. The Morgan fingerprint density at radius 3 is 2.71 bits per heavy atom. The number of rotatable bonds is 8. The van der Waals surface area contributed by atoms with Gasteiger partial charge in [0.05, 0.1) is 0 Å². The summed E-state index contributed by atoms with van der Waals surface area (Å²) in [5.74, 6) is 0. The fourth-order valence-electron chi connectivity index (χ4n) is 2.47. The number of nitrogens with zero attached hydrogens (tertiary/aromatic N) is 2. The van der Waals surface area contributed by atoms with Crippen molar-refractivity contribution in [3.8, 4) is 0 Å². The minimum Gasteiger partial charge on any atom is -0.346 e. The smallest absolute Gasteiger partial charge is 0.244 e. The summed E-state index contributed by atoms with van der Waals surface area (Å²) in [5.41, 5.74) is 1.08. The Labute approximate surface area is 126 Å². The molecule has 2 aliphatic rings. The average molecular weight is 309 g/mol. The molecule has 0 aliphatic heterocycles. The van der Waals surface area contributed by atoms with Crippen LogP contribution in [-0.2, 0) is 16.6 Å². The quantitative estimate of drug-likeness (QED) is 0.746. The minimum absolute atomic E-state index is 0.326. The molecule has 3 rings (SSSR count). The summed E-state index contributed by atoms with van der Waals surface area (Å²) in [5, 5.41) is 3.47. The largest absolute Gasteiger partial charge is 0.346 e. The highest BCUT2D eigenvalue weighted by Gasteiger charge is 2.30. The van der Waals surface area contributed by atoms with Crippen LogP contribution in [0.15, 0.2) is 29.8 Å². The standard InChI is InChI=1S/C15H23N3O2S/c1-3-8-17(2)21(19,20)15-9-14(10-16-12-4-5-12)18(11-15)13-6-7-13/h3,9,11-13,16H,1,4-8,10H2,2H3. The van der Waals surface area contributed by atoms with Crippen molar-refractivity contribution in [2.75, 3.05) is 13.6 Å². The summed E-state index contributed by atoms with van der Waals surface area (Å²) in [6.07, 6.45) is 8.16.